The largest absolute Gasteiger partial charge is 0.378 e. The van der Waals surface area contributed by atoms with Crippen molar-refractivity contribution in [2.75, 3.05) is 51.1 Å². The van der Waals surface area contributed by atoms with Gasteiger partial charge < -0.3 is 9.80 Å². The third-order valence-electron chi connectivity index (χ3n) is 6.64. The molecule has 2 unspecified atom stereocenters. The van der Waals surface area contributed by atoms with Gasteiger partial charge in [-0.1, -0.05) is 0 Å². The SMILES string of the molecule is CN(C)c1ccnc(CN2CCCC2C2CCCN2Cc2cc(N(C)C)ccn2)c1. The van der Waals surface area contributed by atoms with Crippen LogP contribution >= 0.6 is 0 Å². The minimum atomic E-state index is 0.620. The molecule has 2 aliphatic heterocycles. The molecule has 162 valence electrons. The Bertz CT molecular complexity index is 766. The molecule has 4 heterocycles. The second kappa shape index (κ2) is 9.31. The summed E-state index contributed by atoms with van der Waals surface area (Å²) in [6.45, 7) is 4.25. The molecule has 2 atom stereocenters. The van der Waals surface area contributed by atoms with E-state index in [1.165, 1.54) is 61.5 Å². The fourth-order valence-corrected chi connectivity index (χ4v) is 5.04. The van der Waals surface area contributed by atoms with Crippen molar-refractivity contribution in [3.8, 4) is 0 Å². The summed E-state index contributed by atoms with van der Waals surface area (Å²) in [5.74, 6) is 0. The van der Waals surface area contributed by atoms with Gasteiger partial charge >= 0.3 is 0 Å². The maximum absolute atomic E-state index is 4.66. The summed E-state index contributed by atoms with van der Waals surface area (Å²) in [6, 6.07) is 9.87. The van der Waals surface area contributed by atoms with Crippen molar-refractivity contribution >= 4 is 11.4 Å². The van der Waals surface area contributed by atoms with Gasteiger partial charge in [0, 0.05) is 77.1 Å². The number of anilines is 2. The molecule has 0 aliphatic carbocycles. The van der Waals surface area contributed by atoms with Crippen molar-refractivity contribution in [3.05, 3.63) is 48.0 Å². The maximum Gasteiger partial charge on any atom is 0.0564 e. The van der Waals surface area contributed by atoms with Gasteiger partial charge in [-0.05, 0) is 63.0 Å². The van der Waals surface area contributed by atoms with Crippen molar-refractivity contribution in [2.45, 2.75) is 50.9 Å². The zero-order valence-electron chi connectivity index (χ0n) is 19.0. The lowest BCUT2D eigenvalue weighted by molar-refractivity contribution is 0.122. The van der Waals surface area contributed by atoms with Crippen LogP contribution in [0.25, 0.3) is 0 Å². The zero-order valence-corrected chi connectivity index (χ0v) is 19.0. The molecule has 2 aliphatic rings. The summed E-state index contributed by atoms with van der Waals surface area (Å²) in [6.07, 6.45) is 9.05. The number of hydrogen-bond donors (Lipinski definition) is 0. The predicted octanol–water partition coefficient (Wildman–Crippen LogP) is 3.24. The Hall–Kier alpha value is -2.18. The van der Waals surface area contributed by atoms with Crippen LogP contribution in [0.5, 0.6) is 0 Å². The van der Waals surface area contributed by atoms with Gasteiger partial charge in [0.25, 0.3) is 0 Å². The molecule has 2 aromatic rings. The van der Waals surface area contributed by atoms with Gasteiger partial charge in [0.15, 0.2) is 0 Å². The normalized spacial score (nSPS) is 22.5. The highest BCUT2D eigenvalue weighted by molar-refractivity contribution is 5.45. The third kappa shape index (κ3) is 4.76. The molecule has 2 saturated heterocycles. The first kappa shape index (κ1) is 21.1. The second-order valence-electron chi connectivity index (χ2n) is 9.16. The highest BCUT2D eigenvalue weighted by atomic mass is 15.3. The number of aromatic nitrogens is 2. The summed E-state index contributed by atoms with van der Waals surface area (Å²) in [5.41, 5.74) is 4.81. The fourth-order valence-electron chi connectivity index (χ4n) is 5.04. The van der Waals surface area contributed by atoms with Gasteiger partial charge in [0.05, 0.1) is 11.4 Å². The molecule has 6 heteroatoms. The van der Waals surface area contributed by atoms with Crippen molar-refractivity contribution < 1.29 is 0 Å². The quantitative estimate of drug-likeness (QED) is 0.700. The standard InChI is InChI=1S/C24H36N6/c1-27(2)21-9-11-25-19(15-21)17-29-13-5-7-23(29)24-8-6-14-30(24)18-20-16-22(28(3)4)10-12-26-20/h9-12,15-16,23-24H,5-8,13-14,17-18H2,1-4H3. The lowest BCUT2D eigenvalue weighted by atomic mass is 10.0. The zero-order chi connectivity index (χ0) is 21.1. The van der Waals surface area contributed by atoms with Gasteiger partial charge in [-0.25, -0.2) is 0 Å². The van der Waals surface area contributed by atoms with Crippen LogP contribution in [0.2, 0.25) is 0 Å². The van der Waals surface area contributed by atoms with E-state index in [0.29, 0.717) is 12.1 Å². The summed E-state index contributed by atoms with van der Waals surface area (Å²) in [7, 11) is 8.36. The van der Waals surface area contributed by atoms with Crippen LogP contribution in [0.1, 0.15) is 37.1 Å². The Morgan fingerprint density at radius 3 is 1.60 bits per heavy atom. The fraction of sp³-hybridized carbons (Fsp3) is 0.583. The Kier molecular flexibility index (Phi) is 6.54. The Labute approximate surface area is 181 Å². The molecular weight excluding hydrogens is 372 g/mol. The summed E-state index contributed by atoms with van der Waals surface area (Å²) < 4.78 is 0. The molecule has 0 spiro atoms. The van der Waals surface area contributed by atoms with Crippen molar-refractivity contribution in [1.29, 1.82) is 0 Å². The molecule has 0 amide bonds. The predicted molar refractivity (Wildman–Crippen MR) is 124 cm³/mol. The summed E-state index contributed by atoms with van der Waals surface area (Å²) in [5, 5.41) is 0. The Morgan fingerprint density at radius 1 is 0.767 bits per heavy atom. The van der Waals surface area contributed by atoms with Crippen molar-refractivity contribution in [1.82, 2.24) is 19.8 Å². The molecule has 0 saturated carbocycles. The topological polar surface area (TPSA) is 38.7 Å². The van der Waals surface area contributed by atoms with Gasteiger partial charge in [-0.15, -0.1) is 0 Å². The van der Waals surface area contributed by atoms with Crippen LogP contribution in [0, 0.1) is 0 Å². The van der Waals surface area contributed by atoms with E-state index in [9.17, 15) is 0 Å². The van der Waals surface area contributed by atoms with E-state index in [0.717, 1.165) is 13.1 Å². The first-order valence-corrected chi connectivity index (χ1v) is 11.2. The van der Waals surface area contributed by atoms with Crippen LogP contribution < -0.4 is 9.80 Å². The molecule has 0 aromatic carbocycles. The van der Waals surface area contributed by atoms with Gasteiger partial charge in [-0.3, -0.25) is 19.8 Å². The number of hydrogen-bond acceptors (Lipinski definition) is 6. The summed E-state index contributed by atoms with van der Waals surface area (Å²) >= 11 is 0. The molecule has 30 heavy (non-hydrogen) atoms. The first-order valence-electron chi connectivity index (χ1n) is 11.2. The van der Waals surface area contributed by atoms with Crippen LogP contribution in [0.3, 0.4) is 0 Å². The van der Waals surface area contributed by atoms with E-state index < -0.39 is 0 Å². The molecular formula is C24H36N6. The molecule has 2 aromatic heterocycles. The average Bonchev–Trinajstić information content (AvgIpc) is 3.37. The smallest absolute Gasteiger partial charge is 0.0564 e. The first-order chi connectivity index (χ1) is 14.5. The van der Waals surface area contributed by atoms with Crippen LogP contribution in [0.4, 0.5) is 11.4 Å². The number of pyridine rings is 2. The second-order valence-corrected chi connectivity index (χ2v) is 9.16. The highest BCUT2D eigenvalue weighted by Gasteiger charge is 2.37. The maximum atomic E-state index is 4.66. The number of nitrogens with zero attached hydrogens (tertiary/aromatic N) is 6. The Balaban J connectivity index is 1.45. The van der Waals surface area contributed by atoms with Crippen LogP contribution in [0.15, 0.2) is 36.7 Å². The van der Waals surface area contributed by atoms with Crippen molar-refractivity contribution in [2.24, 2.45) is 0 Å². The highest BCUT2D eigenvalue weighted by Crippen LogP contribution is 2.32. The lowest BCUT2D eigenvalue weighted by Crippen LogP contribution is -2.45. The number of rotatable bonds is 7. The van der Waals surface area contributed by atoms with E-state index in [1.807, 2.05) is 12.4 Å². The van der Waals surface area contributed by atoms with E-state index in [1.54, 1.807) is 0 Å². The molecule has 0 bridgehead atoms. The van der Waals surface area contributed by atoms with Crippen molar-refractivity contribution in [3.63, 3.8) is 0 Å². The molecule has 6 nitrogen and oxygen atoms in total. The lowest BCUT2D eigenvalue weighted by Gasteiger charge is -2.35. The molecule has 2 fully saturated rings. The molecule has 0 radical (unpaired) electrons. The average molecular weight is 409 g/mol. The summed E-state index contributed by atoms with van der Waals surface area (Å²) in [4.78, 5) is 19.0. The van der Waals surface area contributed by atoms with Gasteiger partial charge in [-0.2, -0.15) is 0 Å². The molecule has 4 rings (SSSR count). The van der Waals surface area contributed by atoms with Gasteiger partial charge in [0.1, 0.15) is 0 Å². The van der Waals surface area contributed by atoms with E-state index in [-0.39, 0.29) is 0 Å². The van der Waals surface area contributed by atoms with E-state index in [2.05, 4.69) is 82.0 Å². The van der Waals surface area contributed by atoms with Crippen LogP contribution in [-0.4, -0.2) is 73.1 Å². The third-order valence-corrected chi connectivity index (χ3v) is 6.64. The van der Waals surface area contributed by atoms with Crippen LogP contribution in [-0.2, 0) is 13.1 Å². The minimum Gasteiger partial charge on any atom is -0.378 e. The number of likely N-dealkylation sites (tertiary alicyclic amines) is 2. The van der Waals surface area contributed by atoms with E-state index in [4.69, 9.17) is 0 Å². The van der Waals surface area contributed by atoms with Gasteiger partial charge in [0.2, 0.25) is 0 Å². The van der Waals surface area contributed by atoms with E-state index >= 15 is 0 Å². The monoisotopic (exact) mass is 408 g/mol. The molecule has 0 N–H and O–H groups in total. The Morgan fingerprint density at radius 2 is 1.20 bits per heavy atom. The minimum absolute atomic E-state index is 0.620.